The van der Waals surface area contributed by atoms with Gasteiger partial charge in [0.1, 0.15) is 17.8 Å². The molecule has 10 heteroatoms. The number of ether oxygens (including phenoxy) is 5. The van der Waals surface area contributed by atoms with Crippen LogP contribution in [-0.4, -0.2) is 79.4 Å². The van der Waals surface area contributed by atoms with Crippen LogP contribution in [0.3, 0.4) is 0 Å². The van der Waals surface area contributed by atoms with Crippen molar-refractivity contribution in [1.82, 2.24) is 5.32 Å². The molecule has 1 amide bonds. The van der Waals surface area contributed by atoms with Crippen molar-refractivity contribution in [2.45, 2.75) is 109 Å². The van der Waals surface area contributed by atoms with Gasteiger partial charge in [0, 0.05) is 43.8 Å². The standard InChI is InChI=1S/C35H47NO9/c1-19-24(44-26(37)14-22(20-12-10-9-11-13-20)36-30(39)45-31(2,3)4)16-34(40)18-35-21-17-43-23(21)15-25(41-7)32(35,5)29(38)28(42-8)27(19)33(34,35)6/h9-13,21-25,28,40H,14-18H2,1-8H3,(H,36,39)/t21?,22?,23-,24+,25?,28?,32?,33?,34?,35?/m1/s1. The van der Waals surface area contributed by atoms with E-state index in [1.54, 1.807) is 27.9 Å². The number of methoxy groups -OCH3 is 2. The second-order valence-corrected chi connectivity index (χ2v) is 15.0. The molecule has 0 aromatic heterocycles. The van der Waals surface area contributed by atoms with E-state index < -0.39 is 57.8 Å². The van der Waals surface area contributed by atoms with Crippen LogP contribution in [-0.2, 0) is 33.3 Å². The minimum atomic E-state index is -1.24. The van der Waals surface area contributed by atoms with Crippen LogP contribution < -0.4 is 5.32 Å². The number of alkyl carbamates (subject to hydrolysis) is 1. The van der Waals surface area contributed by atoms with Crippen molar-refractivity contribution < 1.29 is 43.2 Å². The van der Waals surface area contributed by atoms with Gasteiger partial charge >= 0.3 is 12.1 Å². The molecule has 1 saturated heterocycles. The summed E-state index contributed by atoms with van der Waals surface area (Å²) in [7, 11) is 3.15. The number of carbonyl (C=O) groups excluding carboxylic acids is 3. The van der Waals surface area contributed by atoms with E-state index in [2.05, 4.69) is 12.2 Å². The highest BCUT2D eigenvalue weighted by atomic mass is 16.6. The zero-order chi connectivity index (χ0) is 32.7. The zero-order valence-corrected chi connectivity index (χ0v) is 27.6. The molecule has 1 aromatic rings. The molecule has 10 atom stereocenters. The van der Waals surface area contributed by atoms with Crippen molar-refractivity contribution in [2.75, 3.05) is 20.8 Å². The molecule has 1 heterocycles. The maximum absolute atomic E-state index is 14.5. The molecular weight excluding hydrogens is 578 g/mol. The van der Waals surface area contributed by atoms with E-state index in [9.17, 15) is 19.5 Å². The zero-order valence-electron chi connectivity index (χ0n) is 27.6. The van der Waals surface area contributed by atoms with Gasteiger partial charge in [-0.1, -0.05) is 37.3 Å². The summed E-state index contributed by atoms with van der Waals surface area (Å²) in [5.74, 6) is -0.515. The largest absolute Gasteiger partial charge is 0.458 e. The number of amides is 1. The van der Waals surface area contributed by atoms with E-state index in [-0.39, 0.29) is 36.8 Å². The van der Waals surface area contributed by atoms with Crippen LogP contribution in [0.4, 0.5) is 4.79 Å². The Morgan fingerprint density at radius 3 is 2.40 bits per heavy atom. The van der Waals surface area contributed by atoms with Crippen LogP contribution in [0.25, 0.3) is 0 Å². The SMILES string of the molecule is COC1C(=O)C2(C)C(OC)C[C@H]3OCC3C23CC2(O)C[C@H](OC(=O)CC(NC(=O)OC(C)(C)C)c4ccccc4)C(C)=C1C23C. The third-order valence-corrected chi connectivity index (χ3v) is 12.0. The maximum Gasteiger partial charge on any atom is 0.408 e. The number of Topliss-reactive ketones (excluding diaryl/α,β-unsaturated/α-hetero) is 1. The Morgan fingerprint density at radius 2 is 1.82 bits per heavy atom. The minimum Gasteiger partial charge on any atom is -0.458 e. The van der Waals surface area contributed by atoms with Gasteiger partial charge in [-0.05, 0) is 57.7 Å². The Kier molecular flexibility index (Phi) is 7.59. The Balaban J connectivity index is 1.32. The highest BCUT2D eigenvalue weighted by molar-refractivity contribution is 5.96. The fraction of sp³-hybridized carbons (Fsp3) is 0.686. The van der Waals surface area contributed by atoms with Gasteiger partial charge in [0.25, 0.3) is 0 Å². The lowest BCUT2D eigenvalue weighted by atomic mass is 9.22. The molecule has 246 valence electrons. The second kappa shape index (κ2) is 10.6. The molecule has 0 radical (unpaired) electrons. The summed E-state index contributed by atoms with van der Waals surface area (Å²) in [6.45, 7) is 11.8. The van der Waals surface area contributed by atoms with Crippen molar-refractivity contribution in [3.8, 4) is 0 Å². The van der Waals surface area contributed by atoms with Crippen molar-refractivity contribution in [3.63, 3.8) is 0 Å². The number of aliphatic hydroxyl groups is 1. The highest BCUT2D eigenvalue weighted by Crippen LogP contribution is 2.84. The van der Waals surface area contributed by atoms with Crippen LogP contribution in [0.15, 0.2) is 41.5 Å². The molecule has 3 saturated carbocycles. The van der Waals surface area contributed by atoms with Crippen molar-refractivity contribution in [3.05, 3.63) is 47.0 Å². The predicted octanol–water partition coefficient (Wildman–Crippen LogP) is 4.44. The highest BCUT2D eigenvalue weighted by Gasteiger charge is 2.88. The number of hydrogen-bond acceptors (Lipinski definition) is 9. The van der Waals surface area contributed by atoms with E-state index in [1.165, 1.54) is 7.11 Å². The molecule has 5 aliphatic rings. The summed E-state index contributed by atoms with van der Waals surface area (Å²) in [6, 6.07) is 8.48. The smallest absolute Gasteiger partial charge is 0.408 e. The Morgan fingerprint density at radius 1 is 1.13 bits per heavy atom. The van der Waals surface area contributed by atoms with E-state index in [0.717, 1.165) is 11.1 Å². The summed E-state index contributed by atoms with van der Waals surface area (Å²) in [6.07, 6.45) is -1.71. The van der Waals surface area contributed by atoms with Crippen LogP contribution in [0.1, 0.15) is 78.8 Å². The van der Waals surface area contributed by atoms with E-state index in [1.807, 2.05) is 44.2 Å². The first-order valence-corrected chi connectivity index (χ1v) is 16.0. The van der Waals surface area contributed by atoms with Gasteiger partial charge in [-0.15, -0.1) is 0 Å². The molecule has 45 heavy (non-hydrogen) atoms. The first-order chi connectivity index (χ1) is 21.1. The van der Waals surface area contributed by atoms with Gasteiger partial charge in [-0.3, -0.25) is 9.59 Å². The quantitative estimate of drug-likeness (QED) is 0.334. The lowest BCUT2D eigenvalue weighted by Gasteiger charge is -2.83. The molecule has 1 aliphatic heterocycles. The molecule has 1 aromatic carbocycles. The number of hydrogen-bond donors (Lipinski definition) is 2. The molecule has 2 N–H and O–H groups in total. The topological polar surface area (TPSA) is 130 Å². The molecule has 4 aliphatic carbocycles. The van der Waals surface area contributed by atoms with E-state index in [0.29, 0.717) is 25.0 Å². The van der Waals surface area contributed by atoms with Crippen LogP contribution in [0.2, 0.25) is 0 Å². The van der Waals surface area contributed by atoms with Gasteiger partial charge in [-0.2, -0.15) is 0 Å². The average Bonchev–Trinajstić information content (AvgIpc) is 2.95. The van der Waals surface area contributed by atoms with Crippen LogP contribution >= 0.6 is 0 Å². The Bertz CT molecular complexity index is 1420. The normalized spacial score (nSPS) is 40.6. The number of benzene rings is 1. The molecule has 4 fully saturated rings. The summed E-state index contributed by atoms with van der Waals surface area (Å²) >= 11 is 0. The number of esters is 1. The summed E-state index contributed by atoms with van der Waals surface area (Å²) in [5.41, 5.74) is -2.09. The van der Waals surface area contributed by atoms with Gasteiger partial charge < -0.3 is 34.1 Å². The first-order valence-electron chi connectivity index (χ1n) is 16.0. The van der Waals surface area contributed by atoms with Crippen molar-refractivity contribution >= 4 is 17.8 Å². The third-order valence-electron chi connectivity index (χ3n) is 12.0. The number of fused-ring (bicyclic) bond motifs is 1. The summed E-state index contributed by atoms with van der Waals surface area (Å²) < 4.78 is 29.5. The summed E-state index contributed by atoms with van der Waals surface area (Å²) in [4.78, 5) is 40.8. The monoisotopic (exact) mass is 625 g/mol. The van der Waals surface area contributed by atoms with Crippen molar-refractivity contribution in [2.24, 2.45) is 22.2 Å². The molecule has 6 rings (SSSR count). The molecule has 8 unspecified atom stereocenters. The fourth-order valence-electron chi connectivity index (χ4n) is 9.96. The van der Waals surface area contributed by atoms with Gasteiger partial charge in [0.05, 0.1) is 42.3 Å². The third kappa shape index (κ3) is 4.31. The Hall–Kier alpha value is -2.79. The van der Waals surface area contributed by atoms with Gasteiger partial charge in [-0.25, -0.2) is 4.79 Å². The van der Waals surface area contributed by atoms with Gasteiger partial charge in [0.2, 0.25) is 0 Å². The maximum atomic E-state index is 14.5. The fourth-order valence-corrected chi connectivity index (χ4v) is 9.96. The molecular formula is C35H47NO9. The molecule has 10 nitrogen and oxygen atoms in total. The minimum absolute atomic E-state index is 0.0409. The van der Waals surface area contributed by atoms with Crippen molar-refractivity contribution in [1.29, 1.82) is 0 Å². The number of nitrogens with one attached hydrogen (secondary N) is 1. The number of rotatable bonds is 7. The van der Waals surface area contributed by atoms with E-state index >= 15 is 0 Å². The van der Waals surface area contributed by atoms with Gasteiger partial charge in [0.15, 0.2) is 5.78 Å². The van der Waals surface area contributed by atoms with E-state index in [4.69, 9.17) is 23.7 Å². The lowest BCUT2D eigenvalue weighted by Crippen LogP contribution is -2.88. The number of ketones is 1. The molecule has 0 bridgehead atoms. The van der Waals surface area contributed by atoms with Crippen LogP contribution in [0, 0.1) is 22.2 Å². The van der Waals surface area contributed by atoms with Crippen LogP contribution in [0.5, 0.6) is 0 Å². The molecule has 1 spiro atoms. The second-order valence-electron chi connectivity index (χ2n) is 15.0. The lowest BCUT2D eigenvalue weighted by molar-refractivity contribution is -0.389. The predicted molar refractivity (Wildman–Crippen MR) is 163 cm³/mol. The Labute approximate surface area is 265 Å². The summed E-state index contributed by atoms with van der Waals surface area (Å²) in [5, 5.41) is 15.3. The average molecular weight is 626 g/mol. The number of carbonyl (C=O) groups is 3. The first kappa shape index (κ1) is 32.2.